The number of H-pyrrole nitrogens is 1. The quantitative estimate of drug-likeness (QED) is 0.566. The lowest BCUT2D eigenvalue weighted by molar-refractivity contribution is -0.113. The molecule has 3 aromatic rings. The molecule has 0 radical (unpaired) electrons. The predicted octanol–water partition coefficient (Wildman–Crippen LogP) is 2.19. The number of carbonyl (C=O) groups is 2. The Morgan fingerprint density at radius 1 is 1.06 bits per heavy atom. The highest BCUT2D eigenvalue weighted by atomic mass is 19.1. The normalized spacial score (nSPS) is 15.6. The van der Waals surface area contributed by atoms with E-state index in [1.165, 1.54) is 59.2 Å². The highest BCUT2D eigenvalue weighted by Crippen LogP contribution is 2.28. The van der Waals surface area contributed by atoms with Crippen molar-refractivity contribution in [3.8, 4) is 5.69 Å². The van der Waals surface area contributed by atoms with Gasteiger partial charge >= 0.3 is 11.7 Å². The van der Waals surface area contributed by atoms with Crippen LogP contribution in [0, 0.1) is 12.7 Å². The Bertz CT molecular complexity index is 1390. The molecule has 10 heteroatoms. The van der Waals surface area contributed by atoms with E-state index in [-0.39, 0.29) is 5.57 Å². The van der Waals surface area contributed by atoms with Crippen LogP contribution in [0.5, 0.6) is 0 Å². The van der Waals surface area contributed by atoms with Gasteiger partial charge in [-0.3, -0.25) is 19.1 Å². The second-order valence-corrected chi connectivity index (χ2v) is 7.56. The van der Waals surface area contributed by atoms with E-state index in [0.717, 1.165) is 5.56 Å². The monoisotopic (exact) mass is 449 g/mol. The molecule has 4 rings (SSSR count). The molecule has 1 aliphatic heterocycles. The Kier molecular flexibility index (Phi) is 5.65. The van der Waals surface area contributed by atoms with Crippen LogP contribution in [0.4, 0.5) is 14.9 Å². The maximum absolute atomic E-state index is 13.4. The van der Waals surface area contributed by atoms with Crippen LogP contribution in [0.1, 0.15) is 17.2 Å². The number of aromatic amines is 1. The Balaban J connectivity index is 1.68. The summed E-state index contributed by atoms with van der Waals surface area (Å²) in [6.07, 6.45) is 2.77. The van der Waals surface area contributed by atoms with Gasteiger partial charge in [0.05, 0.1) is 17.3 Å². The van der Waals surface area contributed by atoms with Gasteiger partial charge in [0.1, 0.15) is 5.82 Å². The average molecular weight is 449 g/mol. The van der Waals surface area contributed by atoms with Crippen LogP contribution in [0.25, 0.3) is 5.69 Å². The van der Waals surface area contributed by atoms with Crippen LogP contribution >= 0.6 is 0 Å². The maximum atomic E-state index is 13.4. The van der Waals surface area contributed by atoms with Crippen molar-refractivity contribution >= 4 is 17.6 Å². The molecule has 9 nitrogen and oxygen atoms in total. The summed E-state index contributed by atoms with van der Waals surface area (Å²) in [4.78, 5) is 52.3. The fourth-order valence-electron chi connectivity index (χ4n) is 3.46. The molecule has 0 aliphatic carbocycles. The Morgan fingerprint density at radius 3 is 2.48 bits per heavy atom. The molecule has 2 heterocycles. The summed E-state index contributed by atoms with van der Waals surface area (Å²) in [5.74, 6) is -0.914. The molecule has 0 spiro atoms. The molecule has 1 atom stereocenters. The third-order valence-electron chi connectivity index (χ3n) is 5.27. The van der Waals surface area contributed by atoms with Crippen LogP contribution < -0.4 is 21.9 Å². The van der Waals surface area contributed by atoms with E-state index in [9.17, 15) is 23.6 Å². The van der Waals surface area contributed by atoms with Crippen molar-refractivity contribution in [3.63, 3.8) is 0 Å². The Hall–Kier alpha value is -4.47. The molecule has 0 fully saturated rings. The van der Waals surface area contributed by atoms with Gasteiger partial charge in [-0.15, -0.1) is 0 Å². The van der Waals surface area contributed by atoms with Crippen molar-refractivity contribution in [2.45, 2.75) is 13.0 Å². The number of rotatable bonds is 4. The molecule has 2 aromatic carbocycles. The van der Waals surface area contributed by atoms with Crippen LogP contribution in [-0.2, 0) is 4.79 Å². The molecule has 1 aliphatic rings. The number of anilines is 1. The van der Waals surface area contributed by atoms with E-state index in [2.05, 4.69) is 15.6 Å². The molecule has 3 N–H and O–H groups in total. The van der Waals surface area contributed by atoms with Crippen molar-refractivity contribution in [3.05, 3.63) is 104 Å². The lowest BCUT2D eigenvalue weighted by atomic mass is 9.97. The second-order valence-electron chi connectivity index (χ2n) is 7.56. The van der Waals surface area contributed by atoms with Gasteiger partial charge in [0.15, 0.2) is 0 Å². The van der Waals surface area contributed by atoms with Crippen LogP contribution in [0.2, 0.25) is 0 Å². The van der Waals surface area contributed by atoms with Crippen LogP contribution in [-0.4, -0.2) is 33.4 Å². The summed E-state index contributed by atoms with van der Waals surface area (Å²) in [5.41, 5.74) is 1.28. The first-order valence-electron chi connectivity index (χ1n) is 9.98. The average Bonchev–Trinajstić information content (AvgIpc) is 2.77. The number of hydrogen-bond donors (Lipinski definition) is 3. The third-order valence-corrected chi connectivity index (χ3v) is 5.27. The van der Waals surface area contributed by atoms with Crippen molar-refractivity contribution in [1.82, 2.24) is 19.8 Å². The molecule has 1 unspecified atom stereocenters. The molecule has 3 amide bonds. The van der Waals surface area contributed by atoms with Gasteiger partial charge in [0.25, 0.3) is 11.5 Å². The molecule has 1 aromatic heterocycles. The van der Waals surface area contributed by atoms with E-state index in [0.29, 0.717) is 16.9 Å². The number of nitrogens with zero attached hydrogens (tertiary/aromatic N) is 2. The van der Waals surface area contributed by atoms with E-state index < -0.39 is 35.0 Å². The standard InChI is InChI=1S/C23H20FN5O4/c1-13-3-8-16(29-10-9-19(30)26-23(29)33)11-18(13)25-21(31)17-12-28(2)22(32)27-20(17)14-4-6-15(24)7-5-14/h3-12,20H,1-2H3,(H,25,31)(H,27,32)(H,26,30,33). The zero-order valence-corrected chi connectivity index (χ0v) is 17.8. The molecular formula is C23H20FN5O4. The summed E-state index contributed by atoms with van der Waals surface area (Å²) in [6.45, 7) is 1.79. The van der Waals surface area contributed by atoms with Crippen molar-refractivity contribution < 1.29 is 14.0 Å². The minimum atomic E-state index is -0.778. The summed E-state index contributed by atoms with van der Waals surface area (Å²) in [7, 11) is 1.51. The zero-order chi connectivity index (χ0) is 23.7. The van der Waals surface area contributed by atoms with Crippen LogP contribution in [0.15, 0.2) is 76.1 Å². The number of aromatic nitrogens is 2. The van der Waals surface area contributed by atoms with E-state index >= 15 is 0 Å². The number of benzene rings is 2. The van der Waals surface area contributed by atoms with Gasteiger partial charge in [-0.25, -0.2) is 14.0 Å². The smallest absolute Gasteiger partial charge is 0.327 e. The predicted molar refractivity (Wildman–Crippen MR) is 120 cm³/mol. The first kappa shape index (κ1) is 21.8. The zero-order valence-electron chi connectivity index (χ0n) is 17.8. The Morgan fingerprint density at radius 2 is 1.79 bits per heavy atom. The highest BCUT2D eigenvalue weighted by molar-refractivity contribution is 6.06. The van der Waals surface area contributed by atoms with Gasteiger partial charge < -0.3 is 15.5 Å². The number of nitrogens with one attached hydrogen (secondary N) is 3. The number of aryl methyl sites for hydroxylation is 1. The molecule has 0 bridgehead atoms. The first-order chi connectivity index (χ1) is 15.7. The molecule has 168 valence electrons. The van der Waals surface area contributed by atoms with Gasteiger partial charge in [0, 0.05) is 31.2 Å². The number of hydrogen-bond acceptors (Lipinski definition) is 4. The minimum absolute atomic E-state index is 0.245. The van der Waals surface area contributed by atoms with E-state index in [1.54, 1.807) is 25.1 Å². The van der Waals surface area contributed by atoms with Gasteiger partial charge in [-0.05, 0) is 42.3 Å². The topological polar surface area (TPSA) is 116 Å². The van der Waals surface area contributed by atoms with Crippen molar-refractivity contribution in [2.75, 3.05) is 12.4 Å². The summed E-state index contributed by atoms with van der Waals surface area (Å²) in [5, 5.41) is 5.56. The van der Waals surface area contributed by atoms with Gasteiger partial charge in [-0.2, -0.15) is 0 Å². The number of carbonyl (C=O) groups excluding carboxylic acids is 2. The maximum Gasteiger partial charge on any atom is 0.332 e. The lowest BCUT2D eigenvalue weighted by Crippen LogP contribution is -2.44. The minimum Gasteiger partial charge on any atom is -0.327 e. The third kappa shape index (κ3) is 4.45. The highest BCUT2D eigenvalue weighted by Gasteiger charge is 2.30. The van der Waals surface area contributed by atoms with Crippen molar-refractivity contribution in [1.29, 1.82) is 0 Å². The Labute approximate surface area is 187 Å². The number of halogens is 1. The van der Waals surface area contributed by atoms with Gasteiger partial charge in [0.2, 0.25) is 0 Å². The SMILES string of the molecule is Cc1ccc(-n2ccc(=O)[nH]c2=O)cc1NC(=O)C1=CN(C)C(=O)NC1c1ccc(F)cc1. The van der Waals surface area contributed by atoms with E-state index in [1.807, 2.05) is 0 Å². The second kappa shape index (κ2) is 8.58. The van der Waals surface area contributed by atoms with Crippen molar-refractivity contribution in [2.24, 2.45) is 0 Å². The molecular weight excluding hydrogens is 429 g/mol. The fraction of sp³-hybridized carbons (Fsp3) is 0.130. The lowest BCUT2D eigenvalue weighted by Gasteiger charge is -2.30. The molecule has 0 saturated carbocycles. The number of amides is 3. The van der Waals surface area contributed by atoms with E-state index in [4.69, 9.17) is 0 Å². The fourth-order valence-corrected chi connectivity index (χ4v) is 3.46. The first-order valence-corrected chi connectivity index (χ1v) is 9.98. The van der Waals surface area contributed by atoms with Gasteiger partial charge in [-0.1, -0.05) is 18.2 Å². The summed E-state index contributed by atoms with van der Waals surface area (Å²) >= 11 is 0. The molecule has 0 saturated heterocycles. The molecule has 33 heavy (non-hydrogen) atoms. The summed E-state index contributed by atoms with van der Waals surface area (Å²) < 4.78 is 14.6. The summed E-state index contributed by atoms with van der Waals surface area (Å²) in [6, 6.07) is 10.6. The number of urea groups is 1. The largest absolute Gasteiger partial charge is 0.332 e. The van der Waals surface area contributed by atoms with Crippen LogP contribution in [0.3, 0.4) is 0 Å².